The molecule has 3 unspecified atom stereocenters. The van der Waals surface area contributed by atoms with Crippen molar-refractivity contribution >= 4 is 42.6 Å². The molecule has 0 aromatic heterocycles. The van der Waals surface area contributed by atoms with Crippen molar-refractivity contribution in [2.75, 3.05) is 0 Å². The van der Waals surface area contributed by atoms with Gasteiger partial charge in [0.2, 0.25) is 15.9 Å². The zero-order chi connectivity index (χ0) is 29.6. The van der Waals surface area contributed by atoms with Crippen LogP contribution in [0.15, 0.2) is 70.0 Å². The van der Waals surface area contributed by atoms with E-state index < -0.39 is 33.5 Å². The van der Waals surface area contributed by atoms with Crippen molar-refractivity contribution in [1.82, 2.24) is 9.62 Å². The van der Waals surface area contributed by atoms with Crippen LogP contribution in [-0.2, 0) is 20.7 Å². The van der Waals surface area contributed by atoms with Crippen molar-refractivity contribution in [3.8, 4) is 5.75 Å². The van der Waals surface area contributed by atoms with E-state index in [1.165, 1.54) is 35.2 Å². The van der Waals surface area contributed by atoms with Crippen LogP contribution < -0.4 is 9.46 Å². The summed E-state index contributed by atoms with van der Waals surface area (Å²) in [7, 11) is -4.51. The van der Waals surface area contributed by atoms with E-state index >= 15 is 8.78 Å². The Balaban J connectivity index is 1.32. The normalized spacial score (nSPS) is 23.8. The number of nitrogens with one attached hydrogen (secondary N) is 1. The lowest BCUT2D eigenvalue weighted by molar-refractivity contribution is -0.149. The van der Waals surface area contributed by atoms with Crippen LogP contribution >= 0.6 is 15.9 Å². The van der Waals surface area contributed by atoms with Crippen molar-refractivity contribution in [1.29, 1.82) is 0 Å². The molecule has 0 spiro atoms. The van der Waals surface area contributed by atoms with Crippen molar-refractivity contribution in [3.63, 3.8) is 0 Å². The number of rotatable bonds is 8. The van der Waals surface area contributed by atoms with E-state index in [2.05, 4.69) is 27.6 Å². The summed E-state index contributed by atoms with van der Waals surface area (Å²) in [6, 6.07) is 12.7. The van der Waals surface area contributed by atoms with Gasteiger partial charge in [-0.1, -0.05) is 47.1 Å². The number of ether oxygens (including phenoxy) is 1. The van der Waals surface area contributed by atoms with Gasteiger partial charge in [0.25, 0.3) is 5.92 Å². The molecule has 2 aliphatic heterocycles. The molecule has 6 nitrogen and oxygen atoms in total. The average molecular weight is 662 g/mol. The van der Waals surface area contributed by atoms with Crippen molar-refractivity contribution in [2.45, 2.75) is 93.3 Å². The SMILES string of the molecule is CC1CC2CCC(C1)N2C(=O)C(NS(=O)(=O)c1ccc2cc(OC3CCCC3)ccc2c1)C(F)(F)c1cccc(Br)c1. The molecule has 1 saturated carbocycles. The zero-order valence-electron chi connectivity index (χ0n) is 23.4. The number of nitrogens with zero attached hydrogens (tertiary/aromatic N) is 1. The Morgan fingerprint density at radius 1 is 0.976 bits per heavy atom. The first-order chi connectivity index (χ1) is 20.0. The minimum Gasteiger partial charge on any atom is -0.490 e. The Labute approximate surface area is 254 Å². The van der Waals surface area contributed by atoms with Crippen LogP contribution in [0.4, 0.5) is 8.78 Å². The average Bonchev–Trinajstić information content (AvgIpc) is 3.56. The first-order valence-corrected chi connectivity index (χ1v) is 17.0. The third-order valence-corrected chi connectivity index (χ3v) is 10.9. The summed E-state index contributed by atoms with van der Waals surface area (Å²) in [6.07, 6.45) is 7.43. The third kappa shape index (κ3) is 5.82. The lowest BCUT2D eigenvalue weighted by Crippen LogP contribution is -2.59. The molecule has 6 rings (SSSR count). The minimum absolute atomic E-state index is 0.169. The van der Waals surface area contributed by atoms with E-state index in [1.807, 2.05) is 6.07 Å². The van der Waals surface area contributed by atoms with Gasteiger partial charge in [0.1, 0.15) is 5.75 Å². The molecule has 1 amide bonds. The number of hydrogen-bond acceptors (Lipinski definition) is 4. The van der Waals surface area contributed by atoms with Gasteiger partial charge < -0.3 is 9.64 Å². The highest BCUT2D eigenvalue weighted by atomic mass is 79.9. The number of hydrogen-bond donors (Lipinski definition) is 1. The van der Waals surface area contributed by atoms with E-state index in [9.17, 15) is 13.2 Å². The Morgan fingerprint density at radius 3 is 2.33 bits per heavy atom. The maximum Gasteiger partial charge on any atom is 0.298 e. The number of sulfonamides is 1. The fourth-order valence-corrected chi connectivity index (χ4v) is 8.59. The van der Waals surface area contributed by atoms with Gasteiger partial charge in [-0.05, 0) is 104 Å². The molecule has 224 valence electrons. The molecular formula is C32H35BrF2N2O4S. The van der Waals surface area contributed by atoms with Gasteiger partial charge in [-0.25, -0.2) is 8.42 Å². The number of fused-ring (bicyclic) bond motifs is 3. The molecule has 3 aromatic carbocycles. The molecule has 1 N–H and O–H groups in total. The van der Waals surface area contributed by atoms with Crippen molar-refractivity contribution in [2.24, 2.45) is 5.92 Å². The molecule has 3 aliphatic rings. The van der Waals surface area contributed by atoms with Gasteiger partial charge in [-0.2, -0.15) is 13.5 Å². The van der Waals surface area contributed by atoms with Crippen LogP contribution in [0.5, 0.6) is 5.75 Å². The summed E-state index contributed by atoms with van der Waals surface area (Å²) in [5.41, 5.74) is -0.441. The van der Waals surface area contributed by atoms with Gasteiger partial charge >= 0.3 is 0 Å². The number of alkyl halides is 2. The Hall–Kier alpha value is -2.56. The second-order valence-corrected chi connectivity index (χ2v) is 14.7. The third-order valence-electron chi connectivity index (χ3n) is 9.01. The van der Waals surface area contributed by atoms with Crippen LogP contribution in [0.3, 0.4) is 0 Å². The molecule has 2 heterocycles. The molecule has 2 saturated heterocycles. The monoisotopic (exact) mass is 660 g/mol. The predicted octanol–water partition coefficient (Wildman–Crippen LogP) is 7.15. The molecule has 42 heavy (non-hydrogen) atoms. The molecule has 3 aromatic rings. The standard InChI is InChI=1S/C32H35BrF2N2O4S/c1-20-15-25-11-12-26(16-20)37(25)31(38)30(32(34,35)23-5-4-6-24(33)19-23)36-42(39,40)29-14-10-21-17-28(13-9-22(21)18-29)41-27-7-2-3-8-27/h4-6,9-10,13-14,17-20,25-27,30,36H,2-3,7-8,11-12,15-16H2,1H3. The van der Waals surface area contributed by atoms with Gasteiger partial charge in [-0.15, -0.1) is 0 Å². The van der Waals surface area contributed by atoms with E-state index in [-0.39, 0.29) is 23.1 Å². The number of halogens is 3. The smallest absolute Gasteiger partial charge is 0.298 e. The fraction of sp³-hybridized carbons (Fsp3) is 0.469. The maximum absolute atomic E-state index is 16.3. The van der Waals surface area contributed by atoms with E-state index in [0.29, 0.717) is 21.5 Å². The molecule has 3 fully saturated rings. The second-order valence-electron chi connectivity index (χ2n) is 12.1. The minimum atomic E-state index is -4.51. The summed E-state index contributed by atoms with van der Waals surface area (Å²) < 4.78 is 68.6. The highest BCUT2D eigenvalue weighted by Crippen LogP contribution is 2.42. The van der Waals surface area contributed by atoms with E-state index in [1.54, 1.807) is 24.3 Å². The van der Waals surface area contributed by atoms with Crippen LogP contribution in [0, 0.1) is 5.92 Å². The maximum atomic E-state index is 16.3. The van der Waals surface area contributed by atoms with Crippen LogP contribution in [-0.4, -0.2) is 43.5 Å². The topological polar surface area (TPSA) is 75.7 Å². The number of carbonyl (C=O) groups is 1. The van der Waals surface area contributed by atoms with Gasteiger partial charge in [0.05, 0.1) is 11.0 Å². The van der Waals surface area contributed by atoms with E-state index in [0.717, 1.165) is 56.8 Å². The Morgan fingerprint density at radius 2 is 1.64 bits per heavy atom. The Kier molecular flexibility index (Phi) is 8.08. The Bertz CT molecular complexity index is 1580. The zero-order valence-corrected chi connectivity index (χ0v) is 25.8. The summed E-state index contributed by atoms with van der Waals surface area (Å²) in [6.45, 7) is 2.10. The molecule has 10 heteroatoms. The second kappa shape index (κ2) is 11.5. The summed E-state index contributed by atoms with van der Waals surface area (Å²) in [5, 5.41) is 1.40. The van der Waals surface area contributed by atoms with Gasteiger partial charge in [0.15, 0.2) is 6.04 Å². The van der Waals surface area contributed by atoms with Gasteiger partial charge in [0, 0.05) is 22.1 Å². The summed E-state index contributed by atoms with van der Waals surface area (Å²) >= 11 is 3.23. The number of piperidine rings is 1. The lowest BCUT2D eigenvalue weighted by Gasteiger charge is -2.41. The van der Waals surface area contributed by atoms with Crippen LogP contribution in [0.25, 0.3) is 10.8 Å². The first kappa shape index (κ1) is 29.5. The largest absolute Gasteiger partial charge is 0.490 e. The van der Waals surface area contributed by atoms with Crippen LogP contribution in [0.2, 0.25) is 0 Å². The van der Waals surface area contributed by atoms with Crippen molar-refractivity contribution in [3.05, 3.63) is 70.7 Å². The number of benzene rings is 3. The quantitative estimate of drug-likeness (QED) is 0.278. The number of carbonyl (C=O) groups excluding carboxylic acids is 1. The van der Waals surface area contributed by atoms with E-state index in [4.69, 9.17) is 4.74 Å². The summed E-state index contributed by atoms with van der Waals surface area (Å²) in [5.74, 6) is -3.58. The van der Waals surface area contributed by atoms with Gasteiger partial charge in [-0.3, -0.25) is 4.79 Å². The van der Waals surface area contributed by atoms with Crippen LogP contribution in [0.1, 0.15) is 63.9 Å². The summed E-state index contributed by atoms with van der Waals surface area (Å²) in [4.78, 5) is 15.3. The molecule has 1 aliphatic carbocycles. The predicted molar refractivity (Wildman–Crippen MR) is 161 cm³/mol. The highest BCUT2D eigenvalue weighted by Gasteiger charge is 2.53. The van der Waals surface area contributed by atoms with Crippen molar-refractivity contribution < 1.29 is 26.7 Å². The first-order valence-electron chi connectivity index (χ1n) is 14.7. The lowest BCUT2D eigenvalue weighted by atomic mass is 9.91. The molecular weight excluding hydrogens is 626 g/mol. The molecule has 3 atom stereocenters. The highest BCUT2D eigenvalue weighted by molar-refractivity contribution is 9.10. The fourth-order valence-electron chi connectivity index (χ4n) is 6.96. The molecule has 0 radical (unpaired) electrons. The molecule has 2 bridgehead atoms. The number of amides is 1.